The Bertz CT molecular complexity index is 639. The number of amides is 2. The average molecular weight is 298 g/mol. The molecule has 0 aliphatic rings. The van der Waals surface area contributed by atoms with Crippen LogP contribution >= 0.6 is 0 Å². The molecule has 0 saturated heterocycles. The van der Waals surface area contributed by atoms with Crippen LogP contribution in [0.4, 0.5) is 0 Å². The van der Waals surface area contributed by atoms with Crippen molar-refractivity contribution in [1.82, 2.24) is 10.2 Å². The molecule has 114 valence electrons. The number of likely N-dealkylation sites (N-methyl/N-ethyl adjacent to an activating group) is 2. The van der Waals surface area contributed by atoms with E-state index in [9.17, 15) is 9.59 Å². The monoisotopic (exact) mass is 298 g/mol. The Kier molecular flexibility index (Phi) is 5.14. The number of para-hydroxylation sites is 1. The third-order valence-corrected chi connectivity index (χ3v) is 3.09. The van der Waals surface area contributed by atoms with Crippen molar-refractivity contribution in [3.8, 4) is 11.5 Å². The predicted molar refractivity (Wildman–Crippen MR) is 84.0 cm³/mol. The Labute approximate surface area is 129 Å². The lowest BCUT2D eigenvalue weighted by atomic mass is 10.2. The molecule has 0 aromatic heterocycles. The first kappa shape index (κ1) is 15.6. The molecule has 1 N–H and O–H groups in total. The van der Waals surface area contributed by atoms with Gasteiger partial charge in [0.05, 0.1) is 6.54 Å². The molecule has 0 saturated carbocycles. The molecule has 22 heavy (non-hydrogen) atoms. The fraction of sp³-hybridized carbons (Fsp3) is 0.176. The van der Waals surface area contributed by atoms with Gasteiger partial charge in [-0.2, -0.15) is 0 Å². The fourth-order valence-electron chi connectivity index (χ4n) is 1.88. The van der Waals surface area contributed by atoms with E-state index < -0.39 is 0 Å². The second-order valence-electron chi connectivity index (χ2n) is 4.77. The molecule has 0 heterocycles. The number of benzene rings is 2. The number of ether oxygens (including phenoxy) is 1. The zero-order chi connectivity index (χ0) is 15.9. The van der Waals surface area contributed by atoms with Crippen molar-refractivity contribution in [3.05, 3.63) is 60.2 Å². The standard InChI is InChI=1S/C17H18N2O3/c1-18-16(20)12-19(2)17(21)13-8-10-15(11-9-13)22-14-6-4-3-5-7-14/h3-11H,12H2,1-2H3,(H,18,20). The molecule has 5 heteroatoms. The summed E-state index contributed by atoms with van der Waals surface area (Å²) in [4.78, 5) is 24.8. The summed E-state index contributed by atoms with van der Waals surface area (Å²) >= 11 is 0. The zero-order valence-corrected chi connectivity index (χ0v) is 12.6. The number of carbonyl (C=O) groups excluding carboxylic acids is 2. The number of nitrogens with zero attached hydrogens (tertiary/aromatic N) is 1. The van der Waals surface area contributed by atoms with Crippen molar-refractivity contribution in [1.29, 1.82) is 0 Å². The van der Waals surface area contributed by atoms with Crippen molar-refractivity contribution < 1.29 is 14.3 Å². The van der Waals surface area contributed by atoms with Crippen LogP contribution in [-0.4, -0.2) is 37.4 Å². The summed E-state index contributed by atoms with van der Waals surface area (Å²) < 4.78 is 5.67. The molecule has 2 aromatic rings. The van der Waals surface area contributed by atoms with Gasteiger partial charge in [0.2, 0.25) is 5.91 Å². The number of rotatable bonds is 5. The highest BCUT2D eigenvalue weighted by Gasteiger charge is 2.14. The molecule has 0 atom stereocenters. The maximum Gasteiger partial charge on any atom is 0.254 e. The fourth-order valence-corrected chi connectivity index (χ4v) is 1.88. The third-order valence-electron chi connectivity index (χ3n) is 3.09. The molecule has 2 aromatic carbocycles. The molecule has 0 bridgehead atoms. The van der Waals surface area contributed by atoms with E-state index >= 15 is 0 Å². The van der Waals surface area contributed by atoms with E-state index in [0.29, 0.717) is 11.3 Å². The van der Waals surface area contributed by atoms with E-state index in [1.807, 2.05) is 30.3 Å². The highest BCUT2D eigenvalue weighted by molar-refractivity contribution is 5.96. The van der Waals surface area contributed by atoms with Crippen molar-refractivity contribution >= 4 is 11.8 Å². The van der Waals surface area contributed by atoms with E-state index in [2.05, 4.69) is 5.32 Å². The Hall–Kier alpha value is -2.82. The molecule has 0 aliphatic carbocycles. The molecular formula is C17H18N2O3. The second-order valence-corrected chi connectivity index (χ2v) is 4.77. The van der Waals surface area contributed by atoms with E-state index in [0.717, 1.165) is 5.75 Å². The third kappa shape index (κ3) is 4.09. The van der Waals surface area contributed by atoms with Crippen LogP contribution in [0, 0.1) is 0 Å². The van der Waals surface area contributed by atoms with Crippen molar-refractivity contribution in [2.45, 2.75) is 0 Å². The lowest BCUT2D eigenvalue weighted by Crippen LogP contribution is -2.36. The van der Waals surface area contributed by atoms with Crippen LogP contribution in [0.25, 0.3) is 0 Å². The molecule has 0 fully saturated rings. The van der Waals surface area contributed by atoms with Crippen LogP contribution in [0.5, 0.6) is 11.5 Å². The average Bonchev–Trinajstić information content (AvgIpc) is 2.55. The summed E-state index contributed by atoms with van der Waals surface area (Å²) in [6.45, 7) is 0.0254. The minimum absolute atomic E-state index is 0.0254. The lowest BCUT2D eigenvalue weighted by molar-refractivity contribution is -0.121. The number of nitrogens with one attached hydrogen (secondary N) is 1. The first-order valence-corrected chi connectivity index (χ1v) is 6.89. The van der Waals surface area contributed by atoms with Gasteiger partial charge < -0.3 is 15.0 Å². The molecule has 2 rings (SSSR count). The molecule has 0 radical (unpaired) electrons. The molecule has 0 aliphatic heterocycles. The lowest BCUT2D eigenvalue weighted by Gasteiger charge is -2.16. The number of hydrogen-bond donors (Lipinski definition) is 1. The van der Waals surface area contributed by atoms with Crippen LogP contribution in [0.1, 0.15) is 10.4 Å². The topological polar surface area (TPSA) is 58.6 Å². The summed E-state index contributed by atoms with van der Waals surface area (Å²) in [5, 5.41) is 2.49. The first-order valence-electron chi connectivity index (χ1n) is 6.89. The maximum absolute atomic E-state index is 12.2. The van der Waals surface area contributed by atoms with E-state index in [-0.39, 0.29) is 18.4 Å². The van der Waals surface area contributed by atoms with E-state index in [1.54, 1.807) is 31.3 Å². The van der Waals surface area contributed by atoms with E-state index in [4.69, 9.17) is 4.74 Å². The summed E-state index contributed by atoms with van der Waals surface area (Å²) in [6, 6.07) is 16.2. The Morgan fingerprint density at radius 2 is 1.59 bits per heavy atom. The Balaban J connectivity index is 2.02. The molecule has 0 unspecified atom stereocenters. The summed E-state index contributed by atoms with van der Waals surface area (Å²) in [5.41, 5.74) is 0.506. The number of hydrogen-bond acceptors (Lipinski definition) is 3. The van der Waals surface area contributed by atoms with Crippen LogP contribution < -0.4 is 10.1 Å². The maximum atomic E-state index is 12.2. The highest BCUT2D eigenvalue weighted by atomic mass is 16.5. The van der Waals surface area contributed by atoms with Crippen molar-refractivity contribution in [2.75, 3.05) is 20.6 Å². The van der Waals surface area contributed by atoms with E-state index in [1.165, 1.54) is 11.9 Å². The van der Waals surface area contributed by atoms with Gasteiger partial charge in [-0.1, -0.05) is 18.2 Å². The smallest absolute Gasteiger partial charge is 0.254 e. The van der Waals surface area contributed by atoms with Gasteiger partial charge in [0.15, 0.2) is 0 Å². The van der Waals surface area contributed by atoms with Gasteiger partial charge in [-0.15, -0.1) is 0 Å². The molecular weight excluding hydrogens is 280 g/mol. The van der Waals surface area contributed by atoms with Crippen molar-refractivity contribution in [2.24, 2.45) is 0 Å². The zero-order valence-electron chi connectivity index (χ0n) is 12.6. The van der Waals surface area contributed by atoms with Gasteiger partial charge in [-0.05, 0) is 36.4 Å². The van der Waals surface area contributed by atoms with Crippen LogP contribution in [0.3, 0.4) is 0 Å². The van der Waals surface area contributed by atoms with Crippen LogP contribution in [-0.2, 0) is 4.79 Å². The minimum Gasteiger partial charge on any atom is -0.457 e. The predicted octanol–water partition coefficient (Wildman–Crippen LogP) is 2.30. The van der Waals surface area contributed by atoms with Gasteiger partial charge >= 0.3 is 0 Å². The molecule has 2 amide bonds. The van der Waals surface area contributed by atoms with Crippen LogP contribution in [0.15, 0.2) is 54.6 Å². The summed E-state index contributed by atoms with van der Waals surface area (Å²) in [7, 11) is 3.13. The van der Waals surface area contributed by atoms with Crippen LogP contribution in [0.2, 0.25) is 0 Å². The minimum atomic E-state index is -0.213. The largest absolute Gasteiger partial charge is 0.457 e. The summed E-state index contributed by atoms with van der Waals surface area (Å²) in [6.07, 6.45) is 0. The molecule has 0 spiro atoms. The SMILES string of the molecule is CNC(=O)CN(C)C(=O)c1ccc(Oc2ccccc2)cc1. The van der Waals surface area contributed by atoms with Gasteiger partial charge in [0.1, 0.15) is 11.5 Å². The quantitative estimate of drug-likeness (QED) is 0.921. The number of carbonyl (C=O) groups is 2. The van der Waals surface area contributed by atoms with Gasteiger partial charge in [0, 0.05) is 19.7 Å². The highest BCUT2D eigenvalue weighted by Crippen LogP contribution is 2.21. The van der Waals surface area contributed by atoms with Gasteiger partial charge in [0.25, 0.3) is 5.91 Å². The Morgan fingerprint density at radius 3 is 2.18 bits per heavy atom. The first-order chi connectivity index (χ1) is 10.6. The normalized spacial score (nSPS) is 9.91. The second kappa shape index (κ2) is 7.26. The Morgan fingerprint density at radius 1 is 1.00 bits per heavy atom. The summed E-state index contributed by atoms with van der Waals surface area (Å²) in [5.74, 6) is 0.963. The molecule has 5 nitrogen and oxygen atoms in total. The van der Waals surface area contributed by atoms with Gasteiger partial charge in [-0.3, -0.25) is 9.59 Å². The van der Waals surface area contributed by atoms with Gasteiger partial charge in [-0.25, -0.2) is 0 Å². The van der Waals surface area contributed by atoms with Crippen molar-refractivity contribution in [3.63, 3.8) is 0 Å².